The fraction of sp³-hybridized carbons (Fsp3) is 0.333. The van der Waals surface area contributed by atoms with E-state index in [1.807, 2.05) is 19.1 Å². The molecule has 0 bridgehead atoms. The Morgan fingerprint density at radius 3 is 2.52 bits per heavy atom. The normalized spacial score (nSPS) is 16.2. The second-order valence-electron chi connectivity index (χ2n) is 7.56. The molecule has 0 atom stereocenters. The van der Waals surface area contributed by atoms with Gasteiger partial charge in [-0.15, -0.1) is 0 Å². The van der Waals surface area contributed by atoms with Crippen molar-refractivity contribution in [2.75, 3.05) is 18.4 Å². The number of hydrogen-bond donors (Lipinski definition) is 1. The highest BCUT2D eigenvalue weighted by Gasteiger charge is 2.28. The lowest BCUT2D eigenvalue weighted by Gasteiger charge is -2.29. The average Bonchev–Trinajstić information content (AvgIpc) is 3.10. The second kappa shape index (κ2) is 7.85. The Balaban J connectivity index is 1.56. The third-order valence-electron chi connectivity index (χ3n) is 5.27. The molecule has 0 unspecified atom stereocenters. The summed E-state index contributed by atoms with van der Waals surface area (Å²) in [4.78, 5) is 17.1. The van der Waals surface area contributed by atoms with Crippen LogP contribution in [0.1, 0.15) is 35.7 Å². The lowest BCUT2D eigenvalue weighted by atomic mass is 10.0. The number of nitrogens with zero attached hydrogens (tertiary/aromatic N) is 2. The fourth-order valence-corrected chi connectivity index (χ4v) is 5.84. The largest absolute Gasteiger partial charge is 0.298 e. The van der Waals surface area contributed by atoms with Gasteiger partial charge in [-0.05, 0) is 56.0 Å². The molecule has 2 heterocycles. The molecule has 0 spiro atoms. The quantitative estimate of drug-likeness (QED) is 0.671. The Morgan fingerprint density at radius 2 is 1.83 bits per heavy atom. The first-order chi connectivity index (χ1) is 13.8. The first kappa shape index (κ1) is 20.0. The molecule has 0 radical (unpaired) electrons. The molecule has 2 aromatic carbocycles. The fourth-order valence-electron chi connectivity index (χ4n) is 3.37. The third-order valence-corrected chi connectivity index (χ3v) is 8.10. The van der Waals surface area contributed by atoms with Gasteiger partial charge in [0.15, 0.2) is 5.13 Å². The first-order valence-electron chi connectivity index (χ1n) is 9.62. The van der Waals surface area contributed by atoms with E-state index >= 15 is 0 Å². The molecule has 1 aliphatic rings. The standard InChI is InChI=1S/C21H23N3O3S2/c1-14-3-5-16(6-4-14)20(25)23-21-22-18-8-7-17(13-19(18)28-21)29(26,27)24-11-9-15(2)10-12-24/h3-8,13,15H,9-12H2,1-2H3,(H,22,23,25). The summed E-state index contributed by atoms with van der Waals surface area (Å²) in [7, 11) is -3.51. The van der Waals surface area contributed by atoms with Crippen LogP contribution in [0, 0.1) is 12.8 Å². The van der Waals surface area contributed by atoms with E-state index in [4.69, 9.17) is 0 Å². The number of carbonyl (C=O) groups is 1. The molecular weight excluding hydrogens is 406 g/mol. The van der Waals surface area contributed by atoms with Gasteiger partial charge in [0.2, 0.25) is 10.0 Å². The SMILES string of the molecule is Cc1ccc(C(=O)Nc2nc3ccc(S(=O)(=O)N4CCC(C)CC4)cc3s2)cc1. The van der Waals surface area contributed by atoms with Crippen LogP contribution in [0.3, 0.4) is 0 Å². The number of hydrogen-bond acceptors (Lipinski definition) is 5. The molecule has 0 saturated carbocycles. The number of thiazole rings is 1. The molecule has 4 rings (SSSR count). The van der Waals surface area contributed by atoms with Crippen molar-refractivity contribution in [1.82, 2.24) is 9.29 Å². The lowest BCUT2D eigenvalue weighted by molar-refractivity contribution is 0.102. The van der Waals surface area contributed by atoms with Crippen molar-refractivity contribution in [2.45, 2.75) is 31.6 Å². The van der Waals surface area contributed by atoms with Gasteiger partial charge < -0.3 is 0 Å². The zero-order chi connectivity index (χ0) is 20.6. The number of aromatic nitrogens is 1. The van der Waals surface area contributed by atoms with Crippen LogP contribution in [-0.4, -0.2) is 36.7 Å². The van der Waals surface area contributed by atoms with E-state index in [9.17, 15) is 13.2 Å². The summed E-state index contributed by atoms with van der Waals surface area (Å²) in [5.41, 5.74) is 2.30. The van der Waals surface area contributed by atoms with Gasteiger partial charge in [-0.2, -0.15) is 4.31 Å². The molecular formula is C21H23N3O3S2. The van der Waals surface area contributed by atoms with Gasteiger partial charge >= 0.3 is 0 Å². The van der Waals surface area contributed by atoms with Crippen molar-refractivity contribution in [3.63, 3.8) is 0 Å². The Morgan fingerprint density at radius 1 is 1.14 bits per heavy atom. The molecule has 8 heteroatoms. The van der Waals surface area contributed by atoms with E-state index in [0.717, 1.165) is 23.1 Å². The van der Waals surface area contributed by atoms with Crippen LogP contribution in [0.25, 0.3) is 10.2 Å². The molecule has 0 aliphatic carbocycles. The number of rotatable bonds is 4. The number of carbonyl (C=O) groups excluding carboxylic acids is 1. The van der Waals surface area contributed by atoms with Gasteiger partial charge in [0, 0.05) is 18.7 Å². The first-order valence-corrected chi connectivity index (χ1v) is 11.9. The van der Waals surface area contributed by atoms with Crippen molar-refractivity contribution < 1.29 is 13.2 Å². The number of piperidine rings is 1. The maximum absolute atomic E-state index is 13.0. The Bertz CT molecular complexity index is 1150. The molecule has 1 N–H and O–H groups in total. The Labute approximate surface area is 174 Å². The van der Waals surface area contributed by atoms with Crippen LogP contribution in [0.2, 0.25) is 0 Å². The zero-order valence-corrected chi connectivity index (χ0v) is 18.0. The predicted octanol–water partition coefficient (Wildman–Crippen LogP) is 4.28. The molecule has 29 heavy (non-hydrogen) atoms. The van der Waals surface area contributed by atoms with Gasteiger partial charge in [-0.25, -0.2) is 13.4 Å². The maximum Gasteiger partial charge on any atom is 0.257 e. The summed E-state index contributed by atoms with van der Waals surface area (Å²) in [6, 6.07) is 12.2. The molecule has 1 aromatic heterocycles. The summed E-state index contributed by atoms with van der Waals surface area (Å²) in [5.74, 6) is 0.324. The van der Waals surface area contributed by atoms with Crippen LogP contribution in [-0.2, 0) is 10.0 Å². The number of nitrogens with one attached hydrogen (secondary N) is 1. The highest BCUT2D eigenvalue weighted by atomic mass is 32.2. The molecule has 1 fully saturated rings. The second-order valence-corrected chi connectivity index (χ2v) is 10.5. The van der Waals surface area contributed by atoms with Crippen LogP contribution < -0.4 is 5.32 Å². The van der Waals surface area contributed by atoms with Gasteiger partial charge in [0.25, 0.3) is 5.91 Å². The molecule has 152 valence electrons. The Kier molecular flexibility index (Phi) is 5.42. The van der Waals surface area contributed by atoms with Crippen molar-refractivity contribution in [2.24, 2.45) is 5.92 Å². The molecule has 3 aromatic rings. The number of benzene rings is 2. The van der Waals surface area contributed by atoms with E-state index in [-0.39, 0.29) is 10.8 Å². The average molecular weight is 430 g/mol. The molecule has 1 saturated heterocycles. The molecule has 1 amide bonds. The maximum atomic E-state index is 13.0. The van der Waals surface area contributed by atoms with Crippen molar-refractivity contribution in [3.8, 4) is 0 Å². The number of amides is 1. The zero-order valence-electron chi connectivity index (χ0n) is 16.4. The monoisotopic (exact) mass is 429 g/mol. The highest BCUT2D eigenvalue weighted by molar-refractivity contribution is 7.89. The number of sulfonamides is 1. The van der Waals surface area contributed by atoms with Gasteiger partial charge in [-0.3, -0.25) is 10.1 Å². The minimum Gasteiger partial charge on any atom is -0.298 e. The third kappa shape index (κ3) is 4.19. The van der Waals surface area contributed by atoms with Gasteiger partial charge in [-0.1, -0.05) is 36.0 Å². The number of anilines is 1. The smallest absolute Gasteiger partial charge is 0.257 e. The summed E-state index contributed by atoms with van der Waals surface area (Å²) in [6.45, 7) is 5.23. The molecule has 6 nitrogen and oxygen atoms in total. The van der Waals surface area contributed by atoms with Crippen molar-refractivity contribution in [1.29, 1.82) is 0 Å². The van der Waals surface area contributed by atoms with E-state index in [1.54, 1.807) is 34.6 Å². The van der Waals surface area contributed by atoms with Gasteiger partial charge in [0.05, 0.1) is 15.1 Å². The van der Waals surface area contributed by atoms with Crippen molar-refractivity contribution in [3.05, 3.63) is 53.6 Å². The summed E-state index contributed by atoms with van der Waals surface area (Å²) < 4.78 is 28.2. The topological polar surface area (TPSA) is 79.4 Å². The summed E-state index contributed by atoms with van der Waals surface area (Å²) >= 11 is 1.27. The number of fused-ring (bicyclic) bond motifs is 1. The minimum atomic E-state index is -3.51. The minimum absolute atomic E-state index is 0.237. The summed E-state index contributed by atoms with van der Waals surface area (Å²) in [6.07, 6.45) is 1.77. The van der Waals surface area contributed by atoms with Crippen molar-refractivity contribution >= 4 is 42.6 Å². The summed E-state index contributed by atoms with van der Waals surface area (Å²) in [5, 5.41) is 3.25. The van der Waals surface area contributed by atoms with Crippen LogP contribution >= 0.6 is 11.3 Å². The van der Waals surface area contributed by atoms with E-state index in [0.29, 0.717) is 35.2 Å². The molecule has 1 aliphatic heterocycles. The van der Waals surface area contributed by atoms with E-state index < -0.39 is 10.0 Å². The Hall–Kier alpha value is -2.29. The van der Waals surface area contributed by atoms with Crippen LogP contribution in [0.5, 0.6) is 0 Å². The van der Waals surface area contributed by atoms with E-state index in [2.05, 4.69) is 17.2 Å². The van der Waals surface area contributed by atoms with Crippen LogP contribution in [0.15, 0.2) is 47.4 Å². The predicted molar refractivity (Wildman–Crippen MR) is 116 cm³/mol. The highest BCUT2D eigenvalue weighted by Crippen LogP contribution is 2.30. The number of aryl methyl sites for hydroxylation is 1. The van der Waals surface area contributed by atoms with Crippen LogP contribution in [0.4, 0.5) is 5.13 Å². The lowest BCUT2D eigenvalue weighted by Crippen LogP contribution is -2.37. The van der Waals surface area contributed by atoms with E-state index in [1.165, 1.54) is 11.3 Å². The van der Waals surface area contributed by atoms with Gasteiger partial charge in [0.1, 0.15) is 0 Å².